The fraction of sp³-hybridized carbons (Fsp3) is 0.312. The normalized spacial score (nSPS) is 11.2. The second kappa shape index (κ2) is 14.9. The molecule has 0 aliphatic heterocycles. The summed E-state index contributed by atoms with van der Waals surface area (Å²) in [6.07, 6.45) is 3.06. The highest BCUT2D eigenvalue weighted by Gasteiger charge is 2.21. The van der Waals surface area contributed by atoms with E-state index < -0.39 is 6.03 Å². The summed E-state index contributed by atoms with van der Waals surface area (Å²) < 4.78 is 5.31. The Hall–Kier alpha value is -5.30. The van der Waals surface area contributed by atoms with E-state index in [4.69, 9.17) is 15.7 Å². The summed E-state index contributed by atoms with van der Waals surface area (Å²) in [6.45, 7) is 11.1. The van der Waals surface area contributed by atoms with E-state index >= 15 is 0 Å². The maximum Gasteiger partial charge on any atom is 0.324 e. The molecule has 0 spiro atoms. The van der Waals surface area contributed by atoms with Gasteiger partial charge in [-0.2, -0.15) is 0 Å². The standard InChI is InChI=1S/C32H40N10O3/c1-5-15-42(16-14-35-20-43)18-21-6-8-22(9-7-21)28(33)27-29(34)36-19-37-30(27)38-23-10-12-24(13-11-23)39-31(44)40-26-17-25(45-41-26)32(2,3)4/h6-13,17,19-20,33H,5,14-16,18H2,1-4H3,(H,35,43)(H3,34,36,37,38)(H2,39,40,41,44). The topological polar surface area (TPSA) is 187 Å². The van der Waals surface area contributed by atoms with Gasteiger partial charge < -0.3 is 26.2 Å². The van der Waals surface area contributed by atoms with Gasteiger partial charge in [-0.15, -0.1) is 0 Å². The van der Waals surface area contributed by atoms with Crippen molar-refractivity contribution in [2.45, 2.75) is 46.1 Å². The molecule has 2 aromatic heterocycles. The summed E-state index contributed by atoms with van der Waals surface area (Å²) in [5, 5.41) is 24.2. The molecule has 45 heavy (non-hydrogen) atoms. The zero-order valence-electron chi connectivity index (χ0n) is 26.0. The quantitative estimate of drug-likeness (QED) is 0.0639. The molecular formula is C32H40N10O3. The van der Waals surface area contributed by atoms with E-state index in [0.29, 0.717) is 52.9 Å². The van der Waals surface area contributed by atoms with Crippen LogP contribution in [0.2, 0.25) is 0 Å². The molecule has 236 valence electrons. The summed E-state index contributed by atoms with van der Waals surface area (Å²) >= 11 is 0. The number of nitrogen functional groups attached to an aromatic ring is 1. The van der Waals surface area contributed by atoms with Crippen LogP contribution in [0.5, 0.6) is 0 Å². The Morgan fingerprint density at radius 1 is 1.02 bits per heavy atom. The van der Waals surface area contributed by atoms with Crippen LogP contribution in [-0.2, 0) is 16.8 Å². The number of nitrogens with one attached hydrogen (secondary N) is 5. The first kappa shape index (κ1) is 32.6. The maximum absolute atomic E-state index is 12.5. The van der Waals surface area contributed by atoms with Crippen LogP contribution < -0.4 is 27.0 Å². The van der Waals surface area contributed by atoms with Crippen LogP contribution in [0, 0.1) is 5.41 Å². The van der Waals surface area contributed by atoms with E-state index in [1.54, 1.807) is 30.3 Å². The second-order valence-electron chi connectivity index (χ2n) is 11.5. The van der Waals surface area contributed by atoms with Crippen molar-refractivity contribution < 1.29 is 14.1 Å². The number of aromatic nitrogens is 3. The van der Waals surface area contributed by atoms with Crippen LogP contribution in [0.3, 0.4) is 0 Å². The Bertz CT molecular complexity index is 1590. The zero-order chi connectivity index (χ0) is 32.4. The summed E-state index contributed by atoms with van der Waals surface area (Å²) in [5.41, 5.74) is 9.56. The molecule has 2 heterocycles. The molecule has 0 radical (unpaired) electrons. The highest BCUT2D eigenvalue weighted by Crippen LogP contribution is 2.27. The van der Waals surface area contributed by atoms with Gasteiger partial charge in [0.1, 0.15) is 23.7 Å². The number of nitrogens with two attached hydrogens (primary N) is 1. The molecule has 13 heteroatoms. The molecular weight excluding hydrogens is 572 g/mol. The van der Waals surface area contributed by atoms with Crippen molar-refractivity contribution in [3.8, 4) is 0 Å². The molecule has 3 amide bonds. The first-order valence-corrected chi connectivity index (χ1v) is 14.7. The van der Waals surface area contributed by atoms with Crippen LogP contribution in [-0.4, -0.2) is 57.8 Å². The van der Waals surface area contributed by atoms with Crippen LogP contribution in [0.15, 0.2) is 65.4 Å². The molecule has 4 rings (SSSR count). The first-order chi connectivity index (χ1) is 21.6. The van der Waals surface area contributed by atoms with Gasteiger partial charge in [0.15, 0.2) is 5.82 Å². The number of hydrogen-bond acceptors (Lipinski definition) is 10. The van der Waals surface area contributed by atoms with Crippen LogP contribution in [0.1, 0.15) is 56.6 Å². The lowest BCUT2D eigenvalue weighted by Crippen LogP contribution is -2.32. The molecule has 0 saturated heterocycles. The largest absolute Gasteiger partial charge is 0.383 e. The number of carbonyl (C=O) groups is 2. The minimum Gasteiger partial charge on any atom is -0.383 e. The molecule has 4 aromatic rings. The number of nitrogens with zero attached hydrogens (tertiary/aromatic N) is 4. The Morgan fingerprint density at radius 2 is 1.73 bits per heavy atom. The predicted molar refractivity (Wildman–Crippen MR) is 176 cm³/mol. The molecule has 0 aliphatic rings. The molecule has 0 bridgehead atoms. The Labute approximate surface area is 262 Å². The third-order valence-electron chi connectivity index (χ3n) is 6.87. The predicted octanol–water partition coefficient (Wildman–Crippen LogP) is 5.11. The van der Waals surface area contributed by atoms with Gasteiger partial charge in [0.2, 0.25) is 6.41 Å². The van der Waals surface area contributed by atoms with E-state index in [0.717, 1.165) is 31.6 Å². The Kier molecular flexibility index (Phi) is 10.8. The number of amides is 3. The summed E-state index contributed by atoms with van der Waals surface area (Å²) in [4.78, 5) is 33.8. The lowest BCUT2D eigenvalue weighted by Gasteiger charge is -2.21. The number of urea groups is 1. The van der Waals surface area contributed by atoms with Gasteiger partial charge >= 0.3 is 6.03 Å². The van der Waals surface area contributed by atoms with E-state index in [1.165, 1.54) is 6.33 Å². The molecule has 13 nitrogen and oxygen atoms in total. The van der Waals surface area contributed by atoms with Crippen molar-refractivity contribution in [3.63, 3.8) is 0 Å². The van der Waals surface area contributed by atoms with Gasteiger partial charge in [-0.25, -0.2) is 14.8 Å². The highest BCUT2D eigenvalue weighted by atomic mass is 16.5. The fourth-order valence-corrected chi connectivity index (χ4v) is 4.53. The average molecular weight is 613 g/mol. The summed E-state index contributed by atoms with van der Waals surface area (Å²) in [6, 6.07) is 16.0. The minimum atomic E-state index is -0.456. The average Bonchev–Trinajstić information content (AvgIpc) is 3.48. The van der Waals surface area contributed by atoms with Crippen molar-refractivity contribution in [1.82, 2.24) is 25.3 Å². The van der Waals surface area contributed by atoms with Crippen LogP contribution in [0.25, 0.3) is 0 Å². The van der Waals surface area contributed by atoms with Crippen molar-refractivity contribution in [2.75, 3.05) is 41.3 Å². The van der Waals surface area contributed by atoms with Gasteiger partial charge in [-0.05, 0) is 42.8 Å². The van der Waals surface area contributed by atoms with Crippen molar-refractivity contribution in [1.29, 1.82) is 5.41 Å². The smallest absolute Gasteiger partial charge is 0.324 e. The Morgan fingerprint density at radius 3 is 2.38 bits per heavy atom. The molecule has 0 atom stereocenters. The molecule has 7 N–H and O–H groups in total. The zero-order valence-corrected chi connectivity index (χ0v) is 26.0. The van der Waals surface area contributed by atoms with Gasteiger partial charge in [-0.3, -0.25) is 20.4 Å². The maximum atomic E-state index is 12.5. The Balaban J connectivity index is 1.40. The number of carbonyl (C=O) groups excluding carboxylic acids is 2. The van der Waals surface area contributed by atoms with E-state index in [9.17, 15) is 9.59 Å². The van der Waals surface area contributed by atoms with E-state index in [1.807, 2.05) is 45.0 Å². The van der Waals surface area contributed by atoms with Gasteiger partial charge in [0.05, 0.1) is 11.3 Å². The van der Waals surface area contributed by atoms with Crippen LogP contribution in [0.4, 0.5) is 33.6 Å². The summed E-state index contributed by atoms with van der Waals surface area (Å²) in [5.74, 6) is 1.55. The monoisotopic (exact) mass is 612 g/mol. The van der Waals surface area contributed by atoms with E-state index in [2.05, 4.69) is 48.2 Å². The van der Waals surface area contributed by atoms with Crippen molar-refractivity contribution in [3.05, 3.63) is 83.4 Å². The van der Waals surface area contributed by atoms with Crippen molar-refractivity contribution >= 4 is 47.0 Å². The SMILES string of the molecule is CCCN(CCNC=O)Cc1ccc(C(=N)c2c(N)ncnc2Nc2ccc(NC(=O)Nc3cc(C(C)(C)C)on3)cc2)cc1. The first-order valence-electron chi connectivity index (χ1n) is 14.7. The lowest BCUT2D eigenvalue weighted by atomic mass is 9.93. The number of hydrogen-bond donors (Lipinski definition) is 6. The van der Waals surface area contributed by atoms with Gasteiger partial charge in [0, 0.05) is 48.1 Å². The number of rotatable bonds is 14. The lowest BCUT2D eigenvalue weighted by molar-refractivity contribution is -0.109. The second-order valence-corrected chi connectivity index (χ2v) is 11.5. The molecule has 0 unspecified atom stereocenters. The van der Waals surface area contributed by atoms with E-state index in [-0.39, 0.29) is 16.9 Å². The van der Waals surface area contributed by atoms with Gasteiger partial charge in [-0.1, -0.05) is 57.1 Å². The van der Waals surface area contributed by atoms with Crippen molar-refractivity contribution in [2.24, 2.45) is 0 Å². The summed E-state index contributed by atoms with van der Waals surface area (Å²) in [7, 11) is 0. The van der Waals surface area contributed by atoms with Gasteiger partial charge in [0.25, 0.3) is 0 Å². The third-order valence-corrected chi connectivity index (χ3v) is 6.87. The van der Waals surface area contributed by atoms with Crippen LogP contribution >= 0.6 is 0 Å². The molecule has 0 saturated carbocycles. The minimum absolute atomic E-state index is 0.177. The molecule has 2 aromatic carbocycles. The number of anilines is 5. The fourth-order valence-electron chi connectivity index (χ4n) is 4.53. The number of benzene rings is 2. The highest BCUT2D eigenvalue weighted by molar-refractivity contribution is 6.16. The third kappa shape index (κ3) is 9.10. The molecule has 0 fully saturated rings. The molecule has 0 aliphatic carbocycles.